The summed E-state index contributed by atoms with van der Waals surface area (Å²) in [6.07, 6.45) is 6.54. The maximum atomic E-state index is 13.0. The fourth-order valence-electron chi connectivity index (χ4n) is 5.69. The number of benzene rings is 1. The Morgan fingerprint density at radius 3 is 2.97 bits per heavy atom. The van der Waals surface area contributed by atoms with E-state index in [9.17, 15) is 9.59 Å². The van der Waals surface area contributed by atoms with E-state index >= 15 is 0 Å². The molecule has 3 aliphatic heterocycles. The number of piperidine rings is 3. The van der Waals surface area contributed by atoms with Crippen LogP contribution >= 0.6 is 0 Å². The van der Waals surface area contributed by atoms with Crippen molar-refractivity contribution >= 4 is 22.7 Å². The molecule has 6 heteroatoms. The van der Waals surface area contributed by atoms with Gasteiger partial charge in [0.05, 0.1) is 7.11 Å². The van der Waals surface area contributed by atoms with Crippen LogP contribution < -0.4 is 4.74 Å². The summed E-state index contributed by atoms with van der Waals surface area (Å²) in [7, 11) is 1.67. The molecular formula is C23H29N3O3. The van der Waals surface area contributed by atoms with Crippen molar-refractivity contribution in [1.29, 1.82) is 0 Å². The monoisotopic (exact) mass is 395 g/mol. The normalized spacial score (nSPS) is 26.5. The van der Waals surface area contributed by atoms with E-state index in [0.717, 1.165) is 49.1 Å². The largest absolute Gasteiger partial charge is 0.497 e. The van der Waals surface area contributed by atoms with E-state index in [1.165, 1.54) is 6.42 Å². The van der Waals surface area contributed by atoms with Gasteiger partial charge in [0.25, 0.3) is 0 Å². The number of aromatic nitrogens is 1. The van der Waals surface area contributed by atoms with Gasteiger partial charge >= 0.3 is 0 Å². The molecule has 154 valence electrons. The minimum absolute atomic E-state index is 0.241. The van der Waals surface area contributed by atoms with Crippen molar-refractivity contribution in [2.24, 2.45) is 11.8 Å². The number of carbonyl (C=O) groups excluding carboxylic acids is 2. The maximum Gasteiger partial charge on any atom is 0.224 e. The van der Waals surface area contributed by atoms with E-state index in [4.69, 9.17) is 4.74 Å². The molecule has 0 N–H and O–H groups in total. The van der Waals surface area contributed by atoms with Crippen LogP contribution in [0, 0.1) is 11.8 Å². The van der Waals surface area contributed by atoms with E-state index in [0.29, 0.717) is 43.2 Å². The molecule has 0 saturated carbocycles. The van der Waals surface area contributed by atoms with Crippen molar-refractivity contribution in [3.63, 3.8) is 0 Å². The number of ether oxygens (including phenoxy) is 1. The lowest BCUT2D eigenvalue weighted by Gasteiger charge is -2.52. The Bertz CT molecular complexity index is 937. The van der Waals surface area contributed by atoms with Gasteiger partial charge in [-0.2, -0.15) is 0 Å². The first-order valence-electron chi connectivity index (χ1n) is 10.8. The smallest absolute Gasteiger partial charge is 0.224 e. The molecular weight excluding hydrogens is 366 g/mol. The predicted molar refractivity (Wildman–Crippen MR) is 111 cm³/mol. The molecule has 2 bridgehead atoms. The van der Waals surface area contributed by atoms with Crippen LogP contribution in [0.25, 0.3) is 10.9 Å². The summed E-state index contributed by atoms with van der Waals surface area (Å²) in [6.45, 7) is 3.14. The first-order chi connectivity index (χ1) is 14.1. The standard InChI is InChI=1S/C23H29N3O3/c1-29-19-5-6-20-17(12-19)7-9-24(20)10-8-22(27)25-13-16-11-18(15-25)21-3-2-4-23(28)26(21)14-16/h5-7,9,12,16,18,21H,2-4,8,10-11,13-15H2,1H3/t16-,18+,21+/m1/s1. The average Bonchev–Trinajstić information content (AvgIpc) is 3.14. The average molecular weight is 396 g/mol. The molecule has 0 unspecified atom stereocenters. The van der Waals surface area contributed by atoms with Gasteiger partial charge < -0.3 is 19.1 Å². The van der Waals surface area contributed by atoms with Crippen molar-refractivity contribution in [2.45, 2.75) is 44.7 Å². The van der Waals surface area contributed by atoms with Gasteiger partial charge in [-0.3, -0.25) is 9.59 Å². The number of carbonyl (C=O) groups is 2. The van der Waals surface area contributed by atoms with Crippen molar-refractivity contribution in [2.75, 3.05) is 26.7 Å². The van der Waals surface area contributed by atoms with Crippen molar-refractivity contribution in [1.82, 2.24) is 14.4 Å². The van der Waals surface area contributed by atoms with E-state index in [1.807, 2.05) is 18.3 Å². The number of nitrogens with zero attached hydrogens (tertiary/aromatic N) is 3. The Balaban J connectivity index is 1.24. The molecule has 4 heterocycles. The summed E-state index contributed by atoms with van der Waals surface area (Å²) in [4.78, 5) is 29.5. The second-order valence-corrected chi connectivity index (χ2v) is 8.85. The van der Waals surface area contributed by atoms with Crippen LogP contribution in [0.1, 0.15) is 32.1 Å². The Labute approximate surface area is 171 Å². The summed E-state index contributed by atoms with van der Waals surface area (Å²) in [5, 5.41) is 1.13. The number of amides is 2. The van der Waals surface area contributed by atoms with Crippen molar-refractivity contribution in [3.05, 3.63) is 30.5 Å². The fraction of sp³-hybridized carbons (Fsp3) is 0.565. The van der Waals surface area contributed by atoms with Gasteiger partial charge in [0.15, 0.2) is 0 Å². The molecule has 29 heavy (non-hydrogen) atoms. The summed E-state index contributed by atoms with van der Waals surface area (Å²) < 4.78 is 7.45. The minimum Gasteiger partial charge on any atom is -0.497 e. The number of aryl methyl sites for hydroxylation is 1. The lowest BCUT2D eigenvalue weighted by atomic mass is 9.76. The quantitative estimate of drug-likeness (QED) is 0.800. The zero-order valence-electron chi connectivity index (χ0n) is 17.0. The van der Waals surface area contributed by atoms with Gasteiger partial charge in [-0.15, -0.1) is 0 Å². The highest BCUT2D eigenvalue weighted by molar-refractivity contribution is 5.82. The Morgan fingerprint density at radius 2 is 2.10 bits per heavy atom. The molecule has 6 nitrogen and oxygen atoms in total. The Kier molecular flexibility index (Phi) is 4.72. The Hall–Kier alpha value is -2.50. The molecule has 2 amide bonds. The van der Waals surface area contributed by atoms with Crippen LogP contribution in [-0.4, -0.2) is 59.0 Å². The van der Waals surface area contributed by atoms with Gasteiger partial charge in [-0.1, -0.05) is 0 Å². The Morgan fingerprint density at radius 1 is 1.21 bits per heavy atom. The summed E-state index contributed by atoms with van der Waals surface area (Å²) in [5.74, 6) is 2.31. The maximum absolute atomic E-state index is 13.0. The van der Waals surface area contributed by atoms with Gasteiger partial charge in [-0.25, -0.2) is 0 Å². The molecule has 3 saturated heterocycles. The summed E-state index contributed by atoms with van der Waals surface area (Å²) in [6, 6.07) is 8.47. The van der Waals surface area contributed by atoms with Crippen LogP contribution in [0.15, 0.2) is 30.5 Å². The second-order valence-electron chi connectivity index (χ2n) is 8.85. The van der Waals surface area contributed by atoms with Crippen LogP contribution in [0.5, 0.6) is 5.75 Å². The van der Waals surface area contributed by atoms with Crippen LogP contribution in [0.4, 0.5) is 0 Å². The lowest BCUT2D eigenvalue weighted by molar-refractivity contribution is -0.148. The highest BCUT2D eigenvalue weighted by atomic mass is 16.5. The molecule has 0 spiro atoms. The van der Waals surface area contributed by atoms with E-state index in [2.05, 4.69) is 26.5 Å². The second kappa shape index (κ2) is 7.39. The molecule has 0 aliphatic carbocycles. The molecule has 3 fully saturated rings. The molecule has 3 atom stereocenters. The zero-order valence-corrected chi connectivity index (χ0v) is 17.0. The molecule has 0 radical (unpaired) electrons. The first kappa shape index (κ1) is 18.5. The number of likely N-dealkylation sites (tertiary alicyclic amines) is 1. The van der Waals surface area contributed by atoms with Crippen LogP contribution in [-0.2, 0) is 16.1 Å². The van der Waals surface area contributed by atoms with Gasteiger partial charge in [0.2, 0.25) is 11.8 Å². The summed E-state index contributed by atoms with van der Waals surface area (Å²) >= 11 is 0. The number of hydrogen-bond acceptors (Lipinski definition) is 3. The SMILES string of the molecule is COc1ccc2c(ccn2CCC(=O)N2C[C@H]3C[C@@H](C2)[C@@H]2CCCC(=O)N2C3)c1. The summed E-state index contributed by atoms with van der Waals surface area (Å²) in [5.41, 5.74) is 1.13. The fourth-order valence-corrected chi connectivity index (χ4v) is 5.69. The number of rotatable bonds is 4. The lowest BCUT2D eigenvalue weighted by Crippen LogP contribution is -2.61. The van der Waals surface area contributed by atoms with E-state index < -0.39 is 0 Å². The predicted octanol–water partition coefficient (Wildman–Crippen LogP) is 2.90. The number of methoxy groups -OCH3 is 1. The highest BCUT2D eigenvalue weighted by Gasteiger charge is 2.44. The van der Waals surface area contributed by atoms with Crippen LogP contribution in [0.2, 0.25) is 0 Å². The number of hydrogen-bond donors (Lipinski definition) is 0. The van der Waals surface area contributed by atoms with Gasteiger partial charge in [-0.05, 0) is 55.4 Å². The number of fused-ring (bicyclic) bond motifs is 5. The van der Waals surface area contributed by atoms with Gasteiger partial charge in [0, 0.05) is 62.2 Å². The third-order valence-electron chi connectivity index (χ3n) is 7.08. The third kappa shape index (κ3) is 3.38. The first-order valence-corrected chi connectivity index (χ1v) is 10.8. The topological polar surface area (TPSA) is 54.8 Å². The molecule has 1 aromatic heterocycles. The molecule has 1 aromatic carbocycles. The van der Waals surface area contributed by atoms with Gasteiger partial charge in [0.1, 0.15) is 5.75 Å². The van der Waals surface area contributed by atoms with Crippen molar-refractivity contribution in [3.8, 4) is 5.75 Å². The van der Waals surface area contributed by atoms with E-state index in [-0.39, 0.29) is 5.91 Å². The third-order valence-corrected chi connectivity index (χ3v) is 7.08. The molecule has 3 aliphatic rings. The molecule has 2 aromatic rings. The van der Waals surface area contributed by atoms with E-state index in [1.54, 1.807) is 7.11 Å². The van der Waals surface area contributed by atoms with Crippen molar-refractivity contribution < 1.29 is 14.3 Å². The van der Waals surface area contributed by atoms with Crippen LogP contribution in [0.3, 0.4) is 0 Å². The minimum atomic E-state index is 0.241. The zero-order chi connectivity index (χ0) is 20.0. The molecule has 5 rings (SSSR count). The highest BCUT2D eigenvalue weighted by Crippen LogP contribution is 2.38.